The Balaban J connectivity index is 1.39. The van der Waals surface area contributed by atoms with E-state index in [1.54, 1.807) is 17.2 Å². The predicted molar refractivity (Wildman–Crippen MR) is 123 cm³/mol. The van der Waals surface area contributed by atoms with Crippen molar-refractivity contribution in [3.63, 3.8) is 0 Å². The average Bonchev–Trinajstić information content (AvgIpc) is 3.15. The van der Waals surface area contributed by atoms with E-state index in [0.717, 1.165) is 15.8 Å². The van der Waals surface area contributed by atoms with Gasteiger partial charge in [0.05, 0.1) is 28.0 Å². The molecule has 3 aromatic rings. The van der Waals surface area contributed by atoms with E-state index in [2.05, 4.69) is 20.2 Å². The lowest BCUT2D eigenvalue weighted by Crippen LogP contribution is -2.55. The summed E-state index contributed by atoms with van der Waals surface area (Å²) < 4.78 is 1.03. The molecule has 0 spiro atoms. The minimum atomic E-state index is -0.832. The number of halogens is 1. The van der Waals surface area contributed by atoms with E-state index in [0.29, 0.717) is 42.0 Å². The van der Waals surface area contributed by atoms with Gasteiger partial charge in [0.15, 0.2) is 5.13 Å². The summed E-state index contributed by atoms with van der Waals surface area (Å²) in [6.07, 6.45) is 1.12. The maximum atomic E-state index is 12.8. The van der Waals surface area contributed by atoms with Crippen molar-refractivity contribution in [2.75, 3.05) is 36.5 Å². The second-order valence-corrected chi connectivity index (χ2v) is 9.03. The first-order valence-corrected chi connectivity index (χ1v) is 11.3. The van der Waals surface area contributed by atoms with E-state index in [4.69, 9.17) is 16.7 Å². The summed E-state index contributed by atoms with van der Waals surface area (Å²) in [6.45, 7) is 3.41. The molecule has 0 radical (unpaired) electrons. The first-order valence-electron chi connectivity index (χ1n) is 10.1. The van der Waals surface area contributed by atoms with Gasteiger partial charge in [-0.05, 0) is 30.7 Å². The summed E-state index contributed by atoms with van der Waals surface area (Å²) in [7, 11) is 0. The summed E-state index contributed by atoms with van der Waals surface area (Å²) in [4.78, 5) is 25.6. The fourth-order valence-corrected chi connectivity index (χ4v) is 4.86. The highest BCUT2D eigenvalue weighted by Gasteiger charge is 2.29. The Hall–Kier alpha value is -2.46. The number of pyridine rings is 1. The van der Waals surface area contributed by atoms with E-state index in [1.807, 2.05) is 31.2 Å². The maximum absolute atomic E-state index is 12.8. The van der Waals surface area contributed by atoms with E-state index in [9.17, 15) is 9.90 Å². The minimum Gasteiger partial charge on any atom is -0.394 e. The lowest BCUT2D eigenvalue weighted by Gasteiger charge is -2.40. The number of para-hydroxylation sites is 1. The molecule has 2 aromatic heterocycles. The first kappa shape index (κ1) is 21.8. The van der Waals surface area contributed by atoms with Gasteiger partial charge in [-0.15, -0.1) is 0 Å². The zero-order valence-electron chi connectivity index (χ0n) is 17.0. The highest BCUT2D eigenvalue weighted by atomic mass is 35.5. The number of aliphatic hydroxyl groups excluding tert-OH is 2. The maximum Gasteiger partial charge on any atom is 0.324 e. The lowest BCUT2D eigenvalue weighted by atomic mass is 10.1. The van der Waals surface area contributed by atoms with Crippen molar-refractivity contribution in [3.05, 3.63) is 47.1 Å². The molecule has 1 aliphatic rings. The molecule has 0 unspecified atom stereocenters. The molecular formula is C21H24ClN5O3S. The van der Waals surface area contributed by atoms with Gasteiger partial charge in [-0.1, -0.05) is 35.1 Å². The molecule has 164 valence electrons. The van der Waals surface area contributed by atoms with Gasteiger partial charge in [0.2, 0.25) is 0 Å². The van der Waals surface area contributed by atoms with Crippen LogP contribution < -0.4 is 10.2 Å². The molecule has 1 aromatic carbocycles. The number of anilines is 2. The van der Waals surface area contributed by atoms with Gasteiger partial charge in [0.1, 0.15) is 5.82 Å². The number of urea groups is 1. The number of benzene rings is 1. The average molecular weight is 462 g/mol. The number of carbonyl (C=O) groups is 1. The third kappa shape index (κ3) is 4.90. The molecular weight excluding hydrogens is 438 g/mol. The van der Waals surface area contributed by atoms with Gasteiger partial charge >= 0.3 is 6.03 Å². The van der Waals surface area contributed by atoms with Crippen molar-refractivity contribution < 1.29 is 15.0 Å². The fraction of sp³-hybridized carbons (Fsp3) is 0.381. The number of hydrogen-bond donors (Lipinski definition) is 3. The van der Waals surface area contributed by atoms with Crippen LogP contribution in [0.3, 0.4) is 0 Å². The monoisotopic (exact) mass is 461 g/mol. The summed E-state index contributed by atoms with van der Waals surface area (Å²) in [5, 5.41) is 22.6. The second-order valence-electron chi connectivity index (χ2n) is 7.59. The number of nitrogens with zero attached hydrogens (tertiary/aromatic N) is 4. The highest BCUT2D eigenvalue weighted by molar-refractivity contribution is 7.22. The third-order valence-electron chi connectivity index (χ3n) is 5.26. The van der Waals surface area contributed by atoms with Gasteiger partial charge in [-0.25, -0.2) is 14.8 Å². The molecule has 1 aliphatic heterocycles. The third-order valence-corrected chi connectivity index (χ3v) is 6.49. The normalized spacial score (nSPS) is 17.7. The number of thiazole rings is 1. The molecule has 0 bridgehead atoms. The van der Waals surface area contributed by atoms with Crippen LogP contribution in [0.2, 0.25) is 5.02 Å². The van der Waals surface area contributed by atoms with E-state index < -0.39 is 6.10 Å². The number of piperazine rings is 1. The molecule has 8 nitrogen and oxygen atoms in total. The van der Waals surface area contributed by atoms with Crippen molar-refractivity contribution in [1.82, 2.24) is 14.9 Å². The Morgan fingerprint density at radius 2 is 2.19 bits per heavy atom. The predicted octanol–water partition coefficient (Wildman–Crippen LogP) is 2.98. The van der Waals surface area contributed by atoms with Gasteiger partial charge in [0.25, 0.3) is 0 Å². The van der Waals surface area contributed by atoms with E-state index >= 15 is 0 Å². The van der Waals surface area contributed by atoms with Crippen molar-refractivity contribution in [2.24, 2.45) is 0 Å². The molecule has 31 heavy (non-hydrogen) atoms. The van der Waals surface area contributed by atoms with Gasteiger partial charge < -0.3 is 20.0 Å². The number of aromatic nitrogens is 2. The molecule has 3 heterocycles. The molecule has 10 heteroatoms. The Morgan fingerprint density at radius 1 is 1.39 bits per heavy atom. The topological polar surface area (TPSA) is 102 Å². The van der Waals surface area contributed by atoms with Crippen LogP contribution in [0.4, 0.5) is 15.7 Å². The van der Waals surface area contributed by atoms with Gasteiger partial charge in [-0.3, -0.25) is 5.32 Å². The van der Waals surface area contributed by atoms with Crippen LogP contribution in [0.25, 0.3) is 10.2 Å². The molecule has 2 atom stereocenters. The molecule has 2 amide bonds. The van der Waals surface area contributed by atoms with Crippen LogP contribution in [0.1, 0.15) is 12.5 Å². The molecule has 0 aliphatic carbocycles. The number of nitrogens with one attached hydrogen (secondary N) is 1. The summed E-state index contributed by atoms with van der Waals surface area (Å²) in [6, 6.07) is 9.34. The zero-order valence-corrected chi connectivity index (χ0v) is 18.6. The molecule has 1 fully saturated rings. The number of hydrogen-bond acceptors (Lipinski definition) is 7. The lowest BCUT2D eigenvalue weighted by molar-refractivity contribution is 0.0954. The van der Waals surface area contributed by atoms with Crippen LogP contribution in [0.15, 0.2) is 36.5 Å². The molecule has 3 N–H and O–H groups in total. The van der Waals surface area contributed by atoms with E-state index in [-0.39, 0.29) is 18.7 Å². The molecule has 0 saturated carbocycles. The number of aliphatic hydroxyl groups is 2. The quantitative estimate of drug-likeness (QED) is 0.540. The highest BCUT2D eigenvalue weighted by Crippen LogP contribution is 2.28. The van der Waals surface area contributed by atoms with Gasteiger partial charge in [0, 0.05) is 38.3 Å². The SMILES string of the molecule is C[C@H]1CN(c2ncc(C[C@@H](O)CO)cc2Cl)CCN1C(=O)Nc1nc2ccccc2s1. The van der Waals surface area contributed by atoms with Crippen molar-refractivity contribution >= 4 is 50.1 Å². The Labute approximate surface area is 189 Å². The van der Waals surface area contributed by atoms with Crippen LogP contribution in [-0.2, 0) is 6.42 Å². The number of carbonyl (C=O) groups excluding carboxylic acids is 1. The van der Waals surface area contributed by atoms with Crippen molar-refractivity contribution in [3.8, 4) is 0 Å². The minimum absolute atomic E-state index is 0.0446. The van der Waals surface area contributed by atoms with Crippen molar-refractivity contribution in [2.45, 2.75) is 25.5 Å². The number of fused-ring (bicyclic) bond motifs is 1. The number of amides is 2. The van der Waals surface area contributed by atoms with Crippen LogP contribution in [0, 0.1) is 0 Å². The Morgan fingerprint density at radius 3 is 2.90 bits per heavy atom. The Kier molecular flexibility index (Phi) is 6.57. The van der Waals surface area contributed by atoms with Crippen molar-refractivity contribution in [1.29, 1.82) is 0 Å². The summed E-state index contributed by atoms with van der Waals surface area (Å²) >= 11 is 7.89. The Bertz CT molecular complexity index is 1050. The smallest absolute Gasteiger partial charge is 0.324 e. The summed E-state index contributed by atoms with van der Waals surface area (Å²) in [5.74, 6) is 0.655. The van der Waals surface area contributed by atoms with Crippen LogP contribution >= 0.6 is 22.9 Å². The standard InChI is InChI=1S/C21H24ClN5O3S/c1-13-11-26(19-16(22)9-14(10-23-19)8-15(29)12-28)6-7-27(13)21(30)25-20-24-17-4-2-3-5-18(17)31-20/h2-5,9-10,13,15,28-29H,6-8,11-12H2,1H3,(H,24,25,30)/t13-,15+/m0/s1. The first-order chi connectivity index (χ1) is 14.9. The van der Waals surface area contributed by atoms with Crippen LogP contribution in [-0.4, -0.2) is 69.5 Å². The van der Waals surface area contributed by atoms with Crippen LogP contribution in [0.5, 0.6) is 0 Å². The largest absolute Gasteiger partial charge is 0.394 e. The zero-order chi connectivity index (χ0) is 22.0. The summed E-state index contributed by atoms with van der Waals surface area (Å²) in [5.41, 5.74) is 1.63. The van der Waals surface area contributed by atoms with E-state index in [1.165, 1.54) is 11.3 Å². The molecule has 4 rings (SSSR count). The van der Waals surface area contributed by atoms with Gasteiger partial charge in [-0.2, -0.15) is 0 Å². The molecule has 1 saturated heterocycles. The number of rotatable bonds is 5. The fourth-order valence-electron chi connectivity index (χ4n) is 3.69. The second kappa shape index (κ2) is 9.35.